The number of likely N-dealkylation sites (N-methyl/N-ethyl adjacent to an activating group) is 1. The van der Waals surface area contributed by atoms with Crippen LogP contribution in [0, 0.1) is 0 Å². The summed E-state index contributed by atoms with van der Waals surface area (Å²) in [6, 6.07) is -1.06. The number of unbranched alkanes of at least 4 members (excludes halogenated alkanes) is 21. The van der Waals surface area contributed by atoms with E-state index in [4.69, 9.17) is 9.05 Å². The van der Waals surface area contributed by atoms with Gasteiger partial charge in [0.05, 0.1) is 39.9 Å². The van der Waals surface area contributed by atoms with Crippen LogP contribution in [0.5, 0.6) is 0 Å². The zero-order valence-electron chi connectivity index (χ0n) is 36.3. The van der Waals surface area contributed by atoms with E-state index in [1.54, 1.807) is 0 Å². The van der Waals surface area contributed by atoms with Crippen LogP contribution in [0.25, 0.3) is 0 Å². The molecule has 0 bridgehead atoms. The lowest BCUT2D eigenvalue weighted by atomic mass is 10.0. The quantitative estimate of drug-likeness (QED) is 0.0210. The van der Waals surface area contributed by atoms with E-state index in [2.05, 4.69) is 48.7 Å². The van der Waals surface area contributed by atoms with Crippen molar-refractivity contribution in [1.29, 1.82) is 0 Å². The Balaban J connectivity index is 4.47. The molecule has 4 unspecified atom stereocenters. The van der Waals surface area contributed by atoms with Gasteiger partial charge in [0.25, 0.3) is 0 Å². The standard InChI is InChI=1S/C45H87N2O7P/c1-6-8-10-12-14-16-18-20-21-22-23-24-25-26-28-30-32-34-36-38-44(49)46-42(41-54-55(51,52)53-40-39-47(3,4)5)45(50)43(48)37-35-33-31-29-27-19-17-15-13-11-9-7-2/h7,9,15,17,29,31,42-43,45,48,50H,6,8,10-14,16,18-28,30,32-41H2,1-5H3,(H-,46,49,51,52)/p+1/b9-7+,17-15+,31-29+. The predicted molar refractivity (Wildman–Crippen MR) is 232 cm³/mol. The van der Waals surface area contributed by atoms with Crippen LogP contribution in [0.4, 0.5) is 0 Å². The molecule has 0 saturated carbocycles. The van der Waals surface area contributed by atoms with Crippen molar-refractivity contribution in [2.75, 3.05) is 40.9 Å². The lowest BCUT2D eigenvalue weighted by Crippen LogP contribution is -2.51. The van der Waals surface area contributed by atoms with E-state index in [0.717, 1.165) is 51.4 Å². The number of nitrogens with one attached hydrogen (secondary N) is 1. The van der Waals surface area contributed by atoms with Gasteiger partial charge in [-0.25, -0.2) is 4.57 Å². The van der Waals surface area contributed by atoms with Crippen LogP contribution in [0.3, 0.4) is 0 Å². The van der Waals surface area contributed by atoms with Crippen molar-refractivity contribution in [3.05, 3.63) is 36.5 Å². The SMILES string of the molecule is C/C=C/CC/C=C/CC/C=C/CCCC(O)C(O)C(COP(=O)(O)OCC[N+](C)(C)C)NC(=O)CCCCCCCCCCCCCCCCCCCCC. The highest BCUT2D eigenvalue weighted by molar-refractivity contribution is 7.47. The van der Waals surface area contributed by atoms with E-state index < -0.39 is 32.7 Å². The van der Waals surface area contributed by atoms with Crippen LogP contribution in [0.1, 0.15) is 187 Å². The van der Waals surface area contributed by atoms with Crippen molar-refractivity contribution < 1.29 is 38.0 Å². The van der Waals surface area contributed by atoms with E-state index in [1.807, 2.05) is 28.1 Å². The predicted octanol–water partition coefficient (Wildman–Crippen LogP) is 11.3. The summed E-state index contributed by atoms with van der Waals surface area (Å²) in [5.41, 5.74) is 0. The number of carbonyl (C=O) groups is 1. The molecule has 0 aromatic rings. The number of amides is 1. The van der Waals surface area contributed by atoms with Crippen molar-refractivity contribution in [3.8, 4) is 0 Å². The second-order valence-corrected chi connectivity index (χ2v) is 18.0. The van der Waals surface area contributed by atoms with Gasteiger partial charge in [-0.3, -0.25) is 13.8 Å². The molecule has 0 aromatic heterocycles. The number of carbonyl (C=O) groups excluding carboxylic acids is 1. The molecule has 1 amide bonds. The van der Waals surface area contributed by atoms with Gasteiger partial charge in [0.2, 0.25) is 5.91 Å². The minimum atomic E-state index is -4.42. The van der Waals surface area contributed by atoms with Gasteiger partial charge in [-0.15, -0.1) is 0 Å². The second kappa shape index (κ2) is 37.0. The van der Waals surface area contributed by atoms with Crippen LogP contribution < -0.4 is 5.32 Å². The van der Waals surface area contributed by atoms with Crippen molar-refractivity contribution in [2.24, 2.45) is 0 Å². The Kier molecular flexibility index (Phi) is 36.1. The number of rotatable bonds is 40. The molecule has 0 spiro atoms. The summed E-state index contributed by atoms with van der Waals surface area (Å²) in [5, 5.41) is 24.6. The molecule has 0 aromatic carbocycles. The summed E-state index contributed by atoms with van der Waals surface area (Å²) in [7, 11) is 1.41. The molecule has 55 heavy (non-hydrogen) atoms. The maximum Gasteiger partial charge on any atom is 0.472 e. The average Bonchev–Trinajstić information content (AvgIpc) is 3.13. The number of aliphatic hydroxyl groups is 2. The fourth-order valence-electron chi connectivity index (χ4n) is 6.42. The maximum absolute atomic E-state index is 12.9. The molecule has 4 atom stereocenters. The van der Waals surface area contributed by atoms with Gasteiger partial charge in [-0.1, -0.05) is 159 Å². The molecule has 0 aliphatic heterocycles. The lowest BCUT2D eigenvalue weighted by molar-refractivity contribution is -0.870. The minimum Gasteiger partial charge on any atom is -0.390 e. The van der Waals surface area contributed by atoms with Gasteiger partial charge in [0.1, 0.15) is 19.3 Å². The Morgan fingerprint density at radius 1 is 0.655 bits per heavy atom. The molecular formula is C45H88N2O7P+. The van der Waals surface area contributed by atoms with E-state index in [1.165, 1.54) is 103 Å². The van der Waals surface area contributed by atoms with Crippen molar-refractivity contribution in [2.45, 2.75) is 205 Å². The first-order valence-electron chi connectivity index (χ1n) is 22.4. The average molecular weight is 800 g/mol. The van der Waals surface area contributed by atoms with Gasteiger partial charge in [-0.05, 0) is 58.3 Å². The summed E-state index contributed by atoms with van der Waals surface area (Å²) in [4.78, 5) is 23.2. The Morgan fingerprint density at radius 3 is 1.55 bits per heavy atom. The van der Waals surface area contributed by atoms with E-state index in [-0.39, 0.29) is 18.9 Å². The van der Waals surface area contributed by atoms with Crippen LogP contribution >= 0.6 is 7.82 Å². The summed E-state index contributed by atoms with van der Waals surface area (Å²) in [6.07, 6.45) is 40.8. The maximum atomic E-state index is 12.9. The molecule has 0 saturated heterocycles. The summed E-state index contributed by atoms with van der Waals surface area (Å²) < 4.78 is 23.5. The topological polar surface area (TPSA) is 125 Å². The number of phosphoric acid groups is 1. The van der Waals surface area contributed by atoms with Crippen molar-refractivity contribution in [3.63, 3.8) is 0 Å². The fraction of sp³-hybridized carbons (Fsp3) is 0.844. The summed E-state index contributed by atoms with van der Waals surface area (Å²) >= 11 is 0. The lowest BCUT2D eigenvalue weighted by Gasteiger charge is -2.28. The summed E-state index contributed by atoms with van der Waals surface area (Å²) in [6.45, 7) is 4.36. The van der Waals surface area contributed by atoms with Crippen LogP contribution in [-0.4, -0.2) is 84.6 Å². The normalized spacial score (nSPS) is 15.3. The molecular weight excluding hydrogens is 711 g/mol. The van der Waals surface area contributed by atoms with Crippen LogP contribution in [0.2, 0.25) is 0 Å². The third kappa shape index (κ3) is 38.0. The van der Waals surface area contributed by atoms with Gasteiger partial charge < -0.3 is 24.9 Å². The molecule has 0 heterocycles. The highest BCUT2D eigenvalue weighted by Gasteiger charge is 2.31. The van der Waals surface area contributed by atoms with Gasteiger partial charge in [-0.2, -0.15) is 0 Å². The van der Waals surface area contributed by atoms with E-state index >= 15 is 0 Å². The molecule has 324 valence electrons. The number of aliphatic hydroxyl groups excluding tert-OH is 2. The van der Waals surface area contributed by atoms with E-state index in [0.29, 0.717) is 23.9 Å². The smallest absolute Gasteiger partial charge is 0.390 e. The number of hydrogen-bond donors (Lipinski definition) is 4. The Bertz CT molecular complexity index is 1010. The molecule has 0 aliphatic rings. The first-order chi connectivity index (χ1) is 26.4. The number of quaternary nitrogens is 1. The van der Waals surface area contributed by atoms with Crippen LogP contribution in [0.15, 0.2) is 36.5 Å². The fourth-order valence-corrected chi connectivity index (χ4v) is 7.15. The first-order valence-corrected chi connectivity index (χ1v) is 23.9. The zero-order chi connectivity index (χ0) is 40.9. The number of phosphoric ester groups is 1. The minimum absolute atomic E-state index is 0.0131. The second-order valence-electron chi connectivity index (χ2n) is 16.6. The van der Waals surface area contributed by atoms with Crippen molar-refractivity contribution in [1.82, 2.24) is 5.32 Å². The van der Waals surface area contributed by atoms with Crippen LogP contribution in [-0.2, 0) is 18.4 Å². The molecule has 9 nitrogen and oxygen atoms in total. The first kappa shape index (κ1) is 53.7. The molecule has 4 N–H and O–H groups in total. The summed E-state index contributed by atoms with van der Waals surface area (Å²) in [5.74, 6) is -0.274. The molecule has 10 heteroatoms. The Labute approximate surface area is 339 Å². The van der Waals surface area contributed by atoms with Crippen molar-refractivity contribution >= 4 is 13.7 Å². The third-order valence-electron chi connectivity index (χ3n) is 10.0. The molecule has 0 aliphatic carbocycles. The van der Waals surface area contributed by atoms with Gasteiger partial charge in [0, 0.05) is 6.42 Å². The molecule has 0 fully saturated rings. The van der Waals surface area contributed by atoms with E-state index in [9.17, 15) is 24.5 Å². The molecule has 0 radical (unpaired) electrons. The number of hydrogen-bond acceptors (Lipinski definition) is 6. The van der Waals surface area contributed by atoms with Gasteiger partial charge >= 0.3 is 7.82 Å². The highest BCUT2D eigenvalue weighted by atomic mass is 31.2. The monoisotopic (exact) mass is 800 g/mol. The highest BCUT2D eigenvalue weighted by Crippen LogP contribution is 2.43. The van der Waals surface area contributed by atoms with Gasteiger partial charge in [0.15, 0.2) is 0 Å². The third-order valence-corrected chi connectivity index (χ3v) is 11.0. The Morgan fingerprint density at radius 2 is 1.09 bits per heavy atom. The Hall–Kier alpha value is -1.32. The molecule has 0 rings (SSSR count). The zero-order valence-corrected chi connectivity index (χ0v) is 37.2. The largest absolute Gasteiger partial charge is 0.472 e. The number of allylic oxidation sites excluding steroid dienone is 6. The number of nitrogens with zero attached hydrogens (tertiary/aromatic N) is 1.